The Labute approximate surface area is 128 Å². The molecule has 0 saturated carbocycles. The van der Waals surface area contributed by atoms with Crippen LogP contribution in [0.3, 0.4) is 0 Å². The quantitative estimate of drug-likeness (QED) is 0.698. The lowest BCUT2D eigenvalue weighted by Crippen LogP contribution is -2.06. The maximum absolute atomic E-state index is 12.0. The lowest BCUT2D eigenvalue weighted by molar-refractivity contribution is 0.0592. The number of halogens is 1. The molecule has 0 N–H and O–H groups in total. The molecule has 0 unspecified atom stereocenters. The molecule has 6 heteroatoms. The molecule has 3 aromatic rings. The average Bonchev–Trinajstić information content (AvgIpc) is 2.94. The summed E-state index contributed by atoms with van der Waals surface area (Å²) < 4.78 is 8.94. The fourth-order valence-corrected chi connectivity index (χ4v) is 2.69. The van der Waals surface area contributed by atoms with Crippen molar-refractivity contribution in [3.05, 3.63) is 35.7 Å². The molecule has 3 rings (SSSR count). The van der Waals surface area contributed by atoms with Crippen molar-refractivity contribution in [3.63, 3.8) is 0 Å². The summed E-state index contributed by atoms with van der Waals surface area (Å²) in [5, 5.41) is 0. The molecular weight excluding hydrogens is 290 g/mol. The number of esters is 1. The van der Waals surface area contributed by atoms with E-state index in [0.29, 0.717) is 11.4 Å². The molecule has 112 valence electrons. The summed E-state index contributed by atoms with van der Waals surface area (Å²) in [5.74, 6) is 0.445. The van der Waals surface area contributed by atoms with Crippen LogP contribution in [0, 0.1) is 6.92 Å². The van der Waals surface area contributed by atoms with Gasteiger partial charge in [-0.15, -0.1) is 12.4 Å². The summed E-state index contributed by atoms with van der Waals surface area (Å²) in [6.45, 7) is 4.83. The van der Waals surface area contributed by atoms with Gasteiger partial charge in [0.05, 0.1) is 23.8 Å². The van der Waals surface area contributed by atoms with Crippen LogP contribution < -0.4 is 0 Å². The van der Waals surface area contributed by atoms with Crippen molar-refractivity contribution >= 4 is 35.2 Å². The second-order valence-corrected chi connectivity index (χ2v) is 4.81. The number of carbonyl (C=O) groups is 1. The van der Waals surface area contributed by atoms with Crippen LogP contribution >= 0.6 is 12.4 Å². The molecule has 0 bridgehead atoms. The van der Waals surface area contributed by atoms with E-state index in [1.54, 1.807) is 0 Å². The van der Waals surface area contributed by atoms with Gasteiger partial charge < -0.3 is 9.30 Å². The number of aromatic nitrogens is 3. The Morgan fingerprint density at radius 2 is 1.95 bits per heavy atom. The van der Waals surface area contributed by atoms with Gasteiger partial charge in [0, 0.05) is 6.54 Å². The average molecular weight is 308 g/mol. The van der Waals surface area contributed by atoms with Gasteiger partial charge in [0.1, 0.15) is 0 Å². The van der Waals surface area contributed by atoms with Gasteiger partial charge in [-0.1, -0.05) is 19.1 Å². The molecule has 21 heavy (non-hydrogen) atoms. The van der Waals surface area contributed by atoms with E-state index >= 15 is 0 Å². The third kappa shape index (κ3) is 2.17. The Kier molecular flexibility index (Phi) is 4.23. The number of para-hydroxylation sites is 2. The fraction of sp³-hybridized carbons (Fsp3) is 0.333. The maximum Gasteiger partial charge on any atom is 0.357 e. The predicted molar refractivity (Wildman–Crippen MR) is 84.3 cm³/mol. The van der Waals surface area contributed by atoms with Gasteiger partial charge in [0.25, 0.3) is 0 Å². The summed E-state index contributed by atoms with van der Waals surface area (Å²) in [4.78, 5) is 16.6. The molecule has 0 aliphatic rings. The van der Waals surface area contributed by atoms with E-state index in [1.807, 2.05) is 29.5 Å². The fourth-order valence-electron chi connectivity index (χ4n) is 2.69. The minimum atomic E-state index is -0.352. The third-order valence-corrected chi connectivity index (χ3v) is 3.51. The van der Waals surface area contributed by atoms with E-state index in [2.05, 4.69) is 22.5 Å². The normalized spacial score (nSPS) is 10.8. The van der Waals surface area contributed by atoms with Crippen LogP contribution in [0.4, 0.5) is 0 Å². The first kappa shape index (κ1) is 15.4. The van der Waals surface area contributed by atoms with Gasteiger partial charge in [-0.2, -0.15) is 0 Å². The molecule has 0 atom stereocenters. The summed E-state index contributed by atoms with van der Waals surface area (Å²) in [6, 6.07) is 8.02. The van der Waals surface area contributed by atoms with Gasteiger partial charge in [0.2, 0.25) is 5.78 Å². The molecule has 0 saturated heterocycles. The monoisotopic (exact) mass is 307 g/mol. The van der Waals surface area contributed by atoms with Crippen LogP contribution in [-0.4, -0.2) is 27.0 Å². The Balaban J connectivity index is 0.00000161. The van der Waals surface area contributed by atoms with Crippen molar-refractivity contribution in [1.82, 2.24) is 14.0 Å². The van der Waals surface area contributed by atoms with Crippen LogP contribution in [0.25, 0.3) is 16.8 Å². The Hall–Kier alpha value is -2.01. The second-order valence-electron chi connectivity index (χ2n) is 4.81. The number of ether oxygens (including phenoxy) is 1. The number of carbonyl (C=O) groups excluding carboxylic acids is 1. The molecule has 5 nitrogen and oxygen atoms in total. The highest BCUT2D eigenvalue weighted by Gasteiger charge is 2.22. The smallest absolute Gasteiger partial charge is 0.357 e. The first-order valence-electron chi connectivity index (χ1n) is 6.73. The van der Waals surface area contributed by atoms with E-state index in [4.69, 9.17) is 4.74 Å². The molecule has 0 fully saturated rings. The van der Waals surface area contributed by atoms with Gasteiger partial charge >= 0.3 is 5.97 Å². The molecule has 0 aliphatic heterocycles. The minimum Gasteiger partial charge on any atom is -0.464 e. The zero-order chi connectivity index (χ0) is 14.3. The number of fused-ring (bicyclic) bond motifs is 3. The van der Waals surface area contributed by atoms with Crippen molar-refractivity contribution < 1.29 is 9.53 Å². The Bertz CT molecular complexity index is 804. The summed E-state index contributed by atoms with van der Waals surface area (Å²) in [7, 11) is 1.40. The molecule has 0 spiro atoms. The first-order chi connectivity index (χ1) is 9.69. The van der Waals surface area contributed by atoms with Crippen LogP contribution in [0.2, 0.25) is 0 Å². The van der Waals surface area contributed by atoms with E-state index < -0.39 is 0 Å². The number of hydrogen-bond acceptors (Lipinski definition) is 3. The summed E-state index contributed by atoms with van der Waals surface area (Å²) in [5.41, 5.74) is 3.27. The molecular formula is C15H18ClN3O2. The number of aryl methyl sites for hydroxylation is 2. The van der Waals surface area contributed by atoms with Crippen LogP contribution in [0.5, 0.6) is 0 Å². The highest BCUT2D eigenvalue weighted by atomic mass is 35.5. The Morgan fingerprint density at radius 1 is 1.29 bits per heavy atom. The number of rotatable bonds is 3. The number of benzene rings is 1. The highest BCUT2D eigenvalue weighted by Crippen LogP contribution is 2.24. The van der Waals surface area contributed by atoms with Gasteiger partial charge in [-0.05, 0) is 25.5 Å². The SMILES string of the molecule is CCCn1c2ccccc2n2c(C(=O)OC)c(C)nc12.Cl. The molecule has 2 aromatic heterocycles. The minimum absolute atomic E-state index is 0. The molecule has 1 aromatic carbocycles. The second kappa shape index (κ2) is 5.77. The number of nitrogens with zero attached hydrogens (tertiary/aromatic N) is 3. The summed E-state index contributed by atoms with van der Waals surface area (Å²) >= 11 is 0. The molecule has 2 heterocycles. The van der Waals surface area contributed by atoms with Crippen LogP contribution in [0.1, 0.15) is 29.5 Å². The molecule has 0 radical (unpaired) electrons. The van der Waals surface area contributed by atoms with Crippen molar-refractivity contribution in [2.45, 2.75) is 26.8 Å². The van der Waals surface area contributed by atoms with Crippen molar-refractivity contribution in [1.29, 1.82) is 0 Å². The lowest BCUT2D eigenvalue weighted by Gasteiger charge is -2.01. The van der Waals surface area contributed by atoms with Crippen LogP contribution in [0.15, 0.2) is 24.3 Å². The van der Waals surface area contributed by atoms with E-state index in [-0.39, 0.29) is 18.4 Å². The molecule has 0 amide bonds. The van der Waals surface area contributed by atoms with E-state index in [9.17, 15) is 4.79 Å². The zero-order valence-electron chi connectivity index (χ0n) is 12.3. The predicted octanol–water partition coefficient (Wildman–Crippen LogP) is 3.22. The van der Waals surface area contributed by atoms with E-state index in [1.165, 1.54) is 7.11 Å². The maximum atomic E-state index is 12.0. The van der Waals surface area contributed by atoms with Crippen molar-refractivity contribution in [2.75, 3.05) is 7.11 Å². The van der Waals surface area contributed by atoms with Gasteiger partial charge in [-0.3, -0.25) is 4.40 Å². The Morgan fingerprint density at radius 3 is 2.57 bits per heavy atom. The number of hydrogen-bond donors (Lipinski definition) is 0. The van der Waals surface area contributed by atoms with E-state index in [0.717, 1.165) is 29.8 Å². The standard InChI is InChI=1S/C15H17N3O2.ClH/c1-4-9-17-11-7-5-6-8-12(11)18-13(14(19)20-3)10(2)16-15(17)18;/h5-8H,4,9H2,1-3H3;1H. The van der Waals surface area contributed by atoms with Crippen molar-refractivity contribution in [3.8, 4) is 0 Å². The number of methoxy groups -OCH3 is 1. The van der Waals surface area contributed by atoms with Gasteiger partial charge in [-0.25, -0.2) is 9.78 Å². The summed E-state index contributed by atoms with van der Waals surface area (Å²) in [6.07, 6.45) is 1.01. The first-order valence-corrected chi connectivity index (χ1v) is 6.73. The van der Waals surface area contributed by atoms with Crippen LogP contribution in [-0.2, 0) is 11.3 Å². The lowest BCUT2D eigenvalue weighted by atomic mass is 10.3. The third-order valence-electron chi connectivity index (χ3n) is 3.51. The van der Waals surface area contributed by atoms with Gasteiger partial charge in [0.15, 0.2) is 5.69 Å². The zero-order valence-corrected chi connectivity index (χ0v) is 13.1. The largest absolute Gasteiger partial charge is 0.464 e. The molecule has 0 aliphatic carbocycles. The number of imidazole rings is 2. The highest BCUT2D eigenvalue weighted by molar-refractivity contribution is 5.93. The topological polar surface area (TPSA) is 48.5 Å². The van der Waals surface area contributed by atoms with Crippen molar-refractivity contribution in [2.24, 2.45) is 0 Å².